The van der Waals surface area contributed by atoms with Gasteiger partial charge in [0.2, 0.25) is 0 Å². The van der Waals surface area contributed by atoms with Crippen molar-refractivity contribution in [1.82, 2.24) is 0 Å². The molecule has 1 saturated heterocycles. The van der Waals surface area contributed by atoms with Crippen molar-refractivity contribution in [2.24, 2.45) is 11.8 Å². The molecule has 2 aliphatic heterocycles. The zero-order valence-corrected chi connectivity index (χ0v) is 27.5. The van der Waals surface area contributed by atoms with Gasteiger partial charge in [-0.05, 0) is 61.1 Å². The van der Waals surface area contributed by atoms with Crippen LogP contribution in [0.25, 0.3) is 0 Å². The van der Waals surface area contributed by atoms with Crippen LogP contribution in [0.2, 0.25) is 0 Å². The maximum atomic E-state index is 13.9. The number of esters is 2. The van der Waals surface area contributed by atoms with Crippen molar-refractivity contribution < 1.29 is 43.2 Å². The topological polar surface area (TPSA) is 130 Å². The summed E-state index contributed by atoms with van der Waals surface area (Å²) < 4.78 is 30.3. The average Bonchev–Trinajstić information content (AvgIpc) is 3.08. The van der Waals surface area contributed by atoms with Gasteiger partial charge in [-0.2, -0.15) is 0 Å². The van der Waals surface area contributed by atoms with E-state index in [0.717, 1.165) is 15.6 Å². The first-order valence-corrected chi connectivity index (χ1v) is 16.3. The number of allylic oxidation sites excluding steroid dienone is 2. The van der Waals surface area contributed by atoms with Crippen LogP contribution in [-0.2, 0) is 46.1 Å². The number of halogens is 1. The number of benzene rings is 3. The lowest BCUT2D eigenvalue weighted by molar-refractivity contribution is -0.300. The van der Waals surface area contributed by atoms with Gasteiger partial charge in [0.1, 0.15) is 6.10 Å². The van der Waals surface area contributed by atoms with E-state index in [0.29, 0.717) is 31.4 Å². The Morgan fingerprint density at radius 3 is 1.87 bits per heavy atom. The molecule has 2 N–H and O–H groups in total. The number of aliphatic hydroxyl groups excluding tert-OH is 1. The Morgan fingerprint density at radius 1 is 0.830 bits per heavy atom. The van der Waals surface area contributed by atoms with E-state index in [9.17, 15) is 19.5 Å². The maximum absolute atomic E-state index is 13.9. The number of anilines is 1. The van der Waals surface area contributed by atoms with Crippen LogP contribution >= 0.6 is 15.9 Å². The van der Waals surface area contributed by atoms with Crippen LogP contribution in [-0.4, -0.2) is 67.6 Å². The highest BCUT2D eigenvalue weighted by Gasteiger charge is 2.53. The molecule has 10 nitrogen and oxygen atoms in total. The number of ether oxygens (including phenoxy) is 5. The number of carbonyl (C=O) groups excluding carboxylic acids is 3. The van der Waals surface area contributed by atoms with Crippen molar-refractivity contribution in [2.45, 2.75) is 56.4 Å². The summed E-state index contributed by atoms with van der Waals surface area (Å²) in [6.07, 6.45) is -2.02. The Labute approximate surface area is 282 Å². The first-order valence-electron chi connectivity index (χ1n) is 15.5. The quantitative estimate of drug-likeness (QED) is 0.174. The van der Waals surface area contributed by atoms with E-state index < -0.39 is 67.2 Å². The van der Waals surface area contributed by atoms with Crippen LogP contribution in [0.5, 0.6) is 0 Å². The molecule has 2 heterocycles. The molecule has 1 fully saturated rings. The molecule has 7 atom stereocenters. The molecule has 11 heteroatoms. The second-order valence-electron chi connectivity index (χ2n) is 11.5. The standard InChI is InChI=1S/C36H38BrNO9/c1-43-35-32-31(30(29(22-39)44-35)47-36(42)38-28-18-16-27(37)17-19-28)45-33(40)25(20-23-10-4-2-5-11-23)14-8-9-15-26(34(41)46-32)21-24-12-6-3-7-13-24/h2-13,16-19,25-26,29-32,35,39H,14-15,20-22H2,1H3,(H,38,42)/b9-8-/t25-,26-,29-,30-,31+,32-,35+/m1/s1. The number of carbonyl (C=O) groups is 3. The molecular weight excluding hydrogens is 670 g/mol. The van der Waals surface area contributed by atoms with Crippen LogP contribution in [0.15, 0.2) is 102 Å². The summed E-state index contributed by atoms with van der Waals surface area (Å²) in [7, 11) is 1.35. The summed E-state index contributed by atoms with van der Waals surface area (Å²) in [4.78, 5) is 40.9. The Bertz CT molecular complexity index is 1500. The van der Waals surface area contributed by atoms with E-state index >= 15 is 0 Å². The Balaban J connectivity index is 1.49. The minimum absolute atomic E-state index is 0.349. The van der Waals surface area contributed by atoms with E-state index in [4.69, 9.17) is 23.7 Å². The predicted octanol–water partition coefficient (Wildman–Crippen LogP) is 5.62. The van der Waals surface area contributed by atoms with E-state index in [-0.39, 0.29) is 0 Å². The SMILES string of the molecule is CO[C@H]1O[C@H](CO)[C@@H](OC(=O)Nc2ccc(Br)cc2)[C@@H]2OC(=O)[C@@H](Cc3ccccc3)C/C=C\C[C@H](Cc3ccccc3)C(=O)O[C@@H]12. The van der Waals surface area contributed by atoms with E-state index in [2.05, 4.69) is 21.2 Å². The van der Waals surface area contributed by atoms with E-state index in [1.165, 1.54) is 7.11 Å². The summed E-state index contributed by atoms with van der Waals surface area (Å²) in [5, 5.41) is 13.0. The van der Waals surface area contributed by atoms with Gasteiger partial charge in [-0.15, -0.1) is 0 Å². The number of aliphatic hydroxyl groups is 1. The fourth-order valence-electron chi connectivity index (χ4n) is 5.73. The molecule has 0 saturated carbocycles. The summed E-state index contributed by atoms with van der Waals surface area (Å²) in [5.74, 6) is -2.32. The van der Waals surface area contributed by atoms with Gasteiger partial charge in [0, 0.05) is 17.3 Å². The molecule has 0 aliphatic carbocycles. The Morgan fingerprint density at radius 2 is 1.36 bits per heavy atom. The number of fused-ring (bicyclic) bond motifs is 1. The second kappa shape index (κ2) is 16.7. The highest BCUT2D eigenvalue weighted by molar-refractivity contribution is 9.10. The van der Waals surface area contributed by atoms with Crippen LogP contribution < -0.4 is 5.32 Å². The zero-order chi connectivity index (χ0) is 33.2. The molecule has 0 aromatic heterocycles. The monoisotopic (exact) mass is 707 g/mol. The van der Waals surface area contributed by atoms with Gasteiger partial charge >= 0.3 is 18.0 Å². The number of nitrogens with one attached hydrogen (secondary N) is 1. The van der Waals surface area contributed by atoms with Gasteiger partial charge < -0.3 is 28.8 Å². The summed E-state index contributed by atoms with van der Waals surface area (Å²) in [6.45, 7) is -0.600. The molecule has 47 heavy (non-hydrogen) atoms. The molecule has 5 rings (SSSR count). The van der Waals surface area contributed by atoms with Crippen LogP contribution in [0.1, 0.15) is 24.0 Å². The molecule has 0 bridgehead atoms. The highest BCUT2D eigenvalue weighted by atomic mass is 79.9. The van der Waals surface area contributed by atoms with Crippen LogP contribution in [0.4, 0.5) is 10.5 Å². The molecule has 0 spiro atoms. The Hall–Kier alpha value is -4.03. The van der Waals surface area contributed by atoms with Crippen molar-refractivity contribution in [1.29, 1.82) is 0 Å². The molecule has 1 amide bonds. The Kier molecular flexibility index (Phi) is 12.2. The minimum atomic E-state index is -1.36. The number of methoxy groups -OCH3 is 1. The smallest absolute Gasteiger partial charge is 0.412 e. The summed E-state index contributed by atoms with van der Waals surface area (Å²) in [5.41, 5.74) is 2.34. The lowest BCUT2D eigenvalue weighted by Gasteiger charge is -2.44. The van der Waals surface area contributed by atoms with Gasteiger partial charge in [0.05, 0.1) is 18.4 Å². The van der Waals surface area contributed by atoms with Crippen molar-refractivity contribution in [2.75, 3.05) is 19.0 Å². The maximum Gasteiger partial charge on any atom is 0.412 e. The molecular formula is C36H38BrNO9. The highest BCUT2D eigenvalue weighted by Crippen LogP contribution is 2.32. The van der Waals surface area contributed by atoms with Gasteiger partial charge in [-0.3, -0.25) is 14.9 Å². The normalized spacial score (nSPS) is 27.2. The second-order valence-corrected chi connectivity index (χ2v) is 12.4. The summed E-state index contributed by atoms with van der Waals surface area (Å²) >= 11 is 3.36. The van der Waals surface area contributed by atoms with Crippen molar-refractivity contribution in [3.05, 3.63) is 113 Å². The fourth-order valence-corrected chi connectivity index (χ4v) is 5.99. The first-order chi connectivity index (χ1) is 22.8. The molecule has 3 aromatic rings. The van der Waals surface area contributed by atoms with Crippen LogP contribution in [0.3, 0.4) is 0 Å². The van der Waals surface area contributed by atoms with Crippen molar-refractivity contribution in [3.8, 4) is 0 Å². The number of rotatable bonds is 8. The van der Waals surface area contributed by atoms with Gasteiger partial charge in [-0.25, -0.2) is 4.79 Å². The fraction of sp³-hybridized carbons (Fsp3) is 0.361. The van der Waals surface area contributed by atoms with E-state index in [1.807, 2.05) is 72.8 Å². The number of hydrogen-bond donors (Lipinski definition) is 2. The summed E-state index contributed by atoms with van der Waals surface area (Å²) in [6, 6.07) is 26.0. The van der Waals surface area contributed by atoms with Crippen molar-refractivity contribution in [3.63, 3.8) is 0 Å². The van der Waals surface area contributed by atoms with Gasteiger partial charge in [-0.1, -0.05) is 88.7 Å². The average molecular weight is 709 g/mol. The molecule has 2 aliphatic rings. The lowest BCUT2D eigenvalue weighted by atomic mass is 9.92. The zero-order valence-electron chi connectivity index (χ0n) is 25.9. The van der Waals surface area contributed by atoms with Gasteiger partial charge in [0.15, 0.2) is 24.6 Å². The predicted molar refractivity (Wildman–Crippen MR) is 176 cm³/mol. The molecule has 0 radical (unpaired) electrons. The minimum Gasteiger partial charge on any atom is -0.454 e. The third kappa shape index (κ3) is 9.29. The third-order valence-corrected chi connectivity index (χ3v) is 8.69. The molecule has 248 valence electrons. The third-order valence-electron chi connectivity index (χ3n) is 8.17. The first kappa shape index (κ1) is 34.3. The van der Waals surface area contributed by atoms with Crippen molar-refractivity contribution >= 4 is 39.6 Å². The lowest BCUT2D eigenvalue weighted by Crippen LogP contribution is -2.63. The molecule has 3 aromatic carbocycles. The largest absolute Gasteiger partial charge is 0.454 e. The van der Waals surface area contributed by atoms with Gasteiger partial charge in [0.25, 0.3) is 0 Å². The van der Waals surface area contributed by atoms with E-state index in [1.54, 1.807) is 24.3 Å². The number of hydrogen-bond acceptors (Lipinski definition) is 9. The molecule has 0 unspecified atom stereocenters. The number of amides is 1. The van der Waals surface area contributed by atoms with Crippen LogP contribution in [0, 0.1) is 11.8 Å².